The molecule has 2 aromatic rings. The smallest absolute Gasteiger partial charge is 0.219 e. The Kier molecular flexibility index (Phi) is 4.18. The van der Waals surface area contributed by atoms with Gasteiger partial charge in [0.2, 0.25) is 5.91 Å². The molecule has 1 saturated heterocycles. The second kappa shape index (κ2) is 6.25. The quantitative estimate of drug-likeness (QED) is 0.865. The van der Waals surface area contributed by atoms with Gasteiger partial charge in [-0.1, -0.05) is 0 Å². The summed E-state index contributed by atoms with van der Waals surface area (Å²) in [6.07, 6.45) is 8.32. The van der Waals surface area contributed by atoms with Crippen LogP contribution in [0.25, 0.3) is 11.5 Å². The van der Waals surface area contributed by atoms with Gasteiger partial charge in [-0.3, -0.25) is 4.79 Å². The zero-order valence-electron chi connectivity index (χ0n) is 13.1. The Morgan fingerprint density at radius 1 is 1.27 bits per heavy atom. The Morgan fingerprint density at radius 2 is 2.05 bits per heavy atom. The molecule has 0 bridgehead atoms. The Labute approximate surface area is 130 Å². The molecule has 0 radical (unpaired) electrons. The number of aryl methyl sites for hydroxylation is 1. The van der Waals surface area contributed by atoms with Crippen LogP contribution in [0.4, 0.5) is 0 Å². The second-order valence-corrected chi connectivity index (χ2v) is 5.91. The van der Waals surface area contributed by atoms with E-state index in [0.717, 1.165) is 49.6 Å². The fourth-order valence-electron chi connectivity index (χ4n) is 2.99. The van der Waals surface area contributed by atoms with Crippen molar-refractivity contribution >= 4 is 5.91 Å². The molecule has 3 heterocycles. The number of piperidine rings is 1. The Hall–Kier alpha value is -2.24. The summed E-state index contributed by atoms with van der Waals surface area (Å²) in [5.41, 5.74) is 1.91. The number of aromatic nitrogens is 4. The van der Waals surface area contributed by atoms with Crippen LogP contribution in [-0.4, -0.2) is 43.4 Å². The van der Waals surface area contributed by atoms with Crippen molar-refractivity contribution in [2.75, 3.05) is 13.1 Å². The minimum Gasteiger partial charge on any atom is -0.343 e. The van der Waals surface area contributed by atoms with Gasteiger partial charge in [0.25, 0.3) is 0 Å². The van der Waals surface area contributed by atoms with Crippen LogP contribution in [0.5, 0.6) is 0 Å². The van der Waals surface area contributed by atoms with E-state index in [-0.39, 0.29) is 5.91 Å². The van der Waals surface area contributed by atoms with Crippen molar-refractivity contribution < 1.29 is 4.79 Å². The van der Waals surface area contributed by atoms with E-state index in [9.17, 15) is 4.79 Å². The number of imidazole rings is 1. The second-order valence-electron chi connectivity index (χ2n) is 5.91. The standard InChI is InChI=1S/C16H21N5O/c1-12(22)21-6-3-13(4-7-21)9-14-10-15(19-11-18-14)16-17-5-8-20(16)2/h5,8,10-11,13H,3-4,6-7,9H2,1-2H3. The molecule has 22 heavy (non-hydrogen) atoms. The predicted molar refractivity (Wildman–Crippen MR) is 82.9 cm³/mol. The first kappa shape index (κ1) is 14.7. The molecule has 1 aliphatic heterocycles. The lowest BCUT2D eigenvalue weighted by molar-refractivity contribution is -0.130. The van der Waals surface area contributed by atoms with E-state index < -0.39 is 0 Å². The molecule has 3 rings (SSSR count). The fraction of sp³-hybridized carbons (Fsp3) is 0.500. The first-order valence-corrected chi connectivity index (χ1v) is 7.67. The molecule has 6 nitrogen and oxygen atoms in total. The summed E-state index contributed by atoms with van der Waals surface area (Å²) in [5, 5.41) is 0. The Balaban J connectivity index is 1.67. The van der Waals surface area contributed by atoms with E-state index in [0.29, 0.717) is 5.92 Å². The van der Waals surface area contributed by atoms with Gasteiger partial charge in [-0.15, -0.1) is 0 Å². The molecule has 6 heteroatoms. The predicted octanol–water partition coefficient (Wildman–Crippen LogP) is 1.68. The largest absolute Gasteiger partial charge is 0.343 e. The molecule has 0 atom stereocenters. The lowest BCUT2D eigenvalue weighted by Gasteiger charge is -2.31. The molecule has 1 aliphatic rings. The van der Waals surface area contributed by atoms with E-state index in [2.05, 4.69) is 15.0 Å². The fourth-order valence-corrected chi connectivity index (χ4v) is 2.99. The molecule has 0 aliphatic carbocycles. The van der Waals surface area contributed by atoms with Crippen LogP contribution in [-0.2, 0) is 18.3 Å². The van der Waals surface area contributed by atoms with Gasteiger partial charge < -0.3 is 9.47 Å². The minimum atomic E-state index is 0.178. The molecule has 1 fully saturated rings. The molecule has 0 unspecified atom stereocenters. The van der Waals surface area contributed by atoms with Crippen LogP contribution in [0.15, 0.2) is 24.8 Å². The monoisotopic (exact) mass is 299 g/mol. The van der Waals surface area contributed by atoms with Gasteiger partial charge in [0.15, 0.2) is 5.82 Å². The normalized spacial score (nSPS) is 16.0. The van der Waals surface area contributed by atoms with Gasteiger partial charge in [-0.2, -0.15) is 0 Å². The summed E-state index contributed by atoms with van der Waals surface area (Å²) in [4.78, 5) is 26.3. The summed E-state index contributed by atoms with van der Waals surface area (Å²) in [7, 11) is 1.96. The molecule has 0 aromatic carbocycles. The third kappa shape index (κ3) is 3.16. The number of carbonyl (C=O) groups excluding carboxylic acids is 1. The highest BCUT2D eigenvalue weighted by atomic mass is 16.2. The molecule has 0 spiro atoms. The van der Waals surface area contributed by atoms with Gasteiger partial charge in [-0.25, -0.2) is 15.0 Å². The highest BCUT2D eigenvalue weighted by Crippen LogP contribution is 2.22. The summed E-state index contributed by atoms with van der Waals surface area (Å²) >= 11 is 0. The van der Waals surface area contributed by atoms with E-state index in [4.69, 9.17) is 0 Å². The van der Waals surface area contributed by atoms with Crippen LogP contribution in [0, 0.1) is 5.92 Å². The van der Waals surface area contributed by atoms with Crippen molar-refractivity contribution in [2.24, 2.45) is 13.0 Å². The molecule has 116 valence electrons. The van der Waals surface area contributed by atoms with Crippen LogP contribution in [0.3, 0.4) is 0 Å². The first-order valence-electron chi connectivity index (χ1n) is 7.67. The average Bonchev–Trinajstić information content (AvgIpc) is 2.94. The number of amides is 1. The Morgan fingerprint density at radius 3 is 2.68 bits per heavy atom. The summed E-state index contributed by atoms with van der Waals surface area (Å²) in [6.45, 7) is 3.36. The summed E-state index contributed by atoms with van der Waals surface area (Å²) < 4.78 is 1.96. The molecule has 0 N–H and O–H groups in total. The van der Waals surface area contributed by atoms with Crippen LogP contribution in [0.1, 0.15) is 25.5 Å². The molecule has 2 aromatic heterocycles. The highest BCUT2D eigenvalue weighted by molar-refractivity contribution is 5.73. The topological polar surface area (TPSA) is 63.9 Å². The van der Waals surface area contributed by atoms with Gasteiger partial charge in [0.1, 0.15) is 12.0 Å². The number of carbonyl (C=O) groups is 1. The van der Waals surface area contributed by atoms with Gasteiger partial charge in [-0.05, 0) is 31.2 Å². The van der Waals surface area contributed by atoms with E-state index in [1.165, 1.54) is 0 Å². The van der Waals surface area contributed by atoms with Crippen molar-refractivity contribution in [3.05, 3.63) is 30.5 Å². The van der Waals surface area contributed by atoms with Crippen LogP contribution >= 0.6 is 0 Å². The van der Waals surface area contributed by atoms with Crippen molar-refractivity contribution in [2.45, 2.75) is 26.2 Å². The van der Waals surface area contributed by atoms with Gasteiger partial charge >= 0.3 is 0 Å². The number of hydrogen-bond donors (Lipinski definition) is 0. The number of nitrogens with zero attached hydrogens (tertiary/aromatic N) is 5. The number of likely N-dealkylation sites (tertiary alicyclic amines) is 1. The lowest BCUT2D eigenvalue weighted by atomic mass is 9.92. The third-order valence-corrected chi connectivity index (χ3v) is 4.33. The third-order valence-electron chi connectivity index (χ3n) is 4.33. The van der Waals surface area contributed by atoms with Gasteiger partial charge in [0, 0.05) is 45.1 Å². The van der Waals surface area contributed by atoms with E-state index in [1.807, 2.05) is 28.8 Å². The molecule has 1 amide bonds. The van der Waals surface area contributed by atoms with E-state index >= 15 is 0 Å². The maximum Gasteiger partial charge on any atom is 0.219 e. The SMILES string of the molecule is CC(=O)N1CCC(Cc2cc(-c3nccn3C)ncn2)CC1. The minimum absolute atomic E-state index is 0.178. The maximum atomic E-state index is 11.4. The Bertz CT molecular complexity index is 658. The van der Waals surface area contributed by atoms with Crippen molar-refractivity contribution in [3.8, 4) is 11.5 Å². The molecular formula is C16H21N5O. The first-order chi connectivity index (χ1) is 10.6. The molecule has 0 saturated carbocycles. The van der Waals surface area contributed by atoms with E-state index in [1.54, 1.807) is 19.4 Å². The van der Waals surface area contributed by atoms with Crippen LogP contribution in [0.2, 0.25) is 0 Å². The van der Waals surface area contributed by atoms with Crippen molar-refractivity contribution in [3.63, 3.8) is 0 Å². The zero-order valence-corrected chi connectivity index (χ0v) is 13.1. The summed E-state index contributed by atoms with van der Waals surface area (Å²) in [6, 6.07) is 2.03. The lowest BCUT2D eigenvalue weighted by Crippen LogP contribution is -2.37. The van der Waals surface area contributed by atoms with Crippen LogP contribution < -0.4 is 0 Å². The summed E-state index contributed by atoms with van der Waals surface area (Å²) in [5.74, 6) is 1.62. The average molecular weight is 299 g/mol. The molecular weight excluding hydrogens is 278 g/mol. The highest BCUT2D eigenvalue weighted by Gasteiger charge is 2.21. The van der Waals surface area contributed by atoms with Gasteiger partial charge in [0.05, 0.1) is 0 Å². The maximum absolute atomic E-state index is 11.4. The van der Waals surface area contributed by atoms with Crippen molar-refractivity contribution in [1.82, 2.24) is 24.4 Å². The number of rotatable bonds is 3. The number of hydrogen-bond acceptors (Lipinski definition) is 4. The van der Waals surface area contributed by atoms with Crippen molar-refractivity contribution in [1.29, 1.82) is 0 Å². The zero-order chi connectivity index (χ0) is 15.5.